The zero-order valence-corrected chi connectivity index (χ0v) is 14.9. The van der Waals surface area contributed by atoms with Crippen molar-refractivity contribution in [3.63, 3.8) is 0 Å². The number of nitrogens with one attached hydrogen (secondary N) is 1. The summed E-state index contributed by atoms with van der Waals surface area (Å²) in [4.78, 5) is 12.1. The minimum Gasteiger partial charge on any atom is -0.308 e. The van der Waals surface area contributed by atoms with Crippen LogP contribution in [-0.4, -0.2) is 30.5 Å². The molecule has 0 bridgehead atoms. The van der Waals surface area contributed by atoms with E-state index in [4.69, 9.17) is 9.05 Å². The lowest BCUT2D eigenvalue weighted by Crippen LogP contribution is -2.39. The van der Waals surface area contributed by atoms with Gasteiger partial charge in [0, 0.05) is 10.9 Å². The molecule has 1 N–H and O–H groups in total. The number of carbonyl (C=O) groups excluding carboxylic acids is 1. The van der Waals surface area contributed by atoms with Gasteiger partial charge >= 0.3 is 7.60 Å². The zero-order valence-electron chi connectivity index (χ0n) is 12.4. The normalized spacial score (nSPS) is 18.8. The fourth-order valence-electron chi connectivity index (χ4n) is 2.18. The van der Waals surface area contributed by atoms with Crippen molar-refractivity contribution in [2.24, 2.45) is 5.10 Å². The molecule has 0 aromatic heterocycles. The maximum absolute atomic E-state index is 12.8. The van der Waals surface area contributed by atoms with Gasteiger partial charge in [0.05, 0.1) is 18.9 Å². The van der Waals surface area contributed by atoms with Gasteiger partial charge in [0.1, 0.15) is 5.66 Å². The van der Waals surface area contributed by atoms with E-state index in [1.54, 1.807) is 13.8 Å². The standard InChI is InChI=1S/C14H18BrN2O4P/c1-3-20-22(19,21-4-2)13-9-12(16-17-14(13)18)10-5-7-11(15)8-6-10/h5-8,13H,3-4,9H2,1-2H3,(H,17,18). The van der Waals surface area contributed by atoms with Crippen LogP contribution in [0.5, 0.6) is 0 Å². The maximum Gasteiger partial charge on any atom is 0.343 e. The Kier molecular flexibility index (Phi) is 5.92. The van der Waals surface area contributed by atoms with Gasteiger partial charge in [0.2, 0.25) is 0 Å². The van der Waals surface area contributed by atoms with Gasteiger partial charge in [-0.15, -0.1) is 0 Å². The number of halogens is 1. The highest BCUT2D eigenvalue weighted by atomic mass is 79.9. The summed E-state index contributed by atoms with van der Waals surface area (Å²) in [6, 6.07) is 7.52. The number of hydrogen-bond donors (Lipinski definition) is 1. The molecule has 6 nitrogen and oxygen atoms in total. The maximum atomic E-state index is 12.8. The molecule has 8 heteroatoms. The van der Waals surface area contributed by atoms with Gasteiger partial charge in [-0.1, -0.05) is 28.1 Å². The first-order valence-corrected chi connectivity index (χ1v) is 9.41. The van der Waals surface area contributed by atoms with Gasteiger partial charge in [-0.25, -0.2) is 5.43 Å². The lowest BCUT2D eigenvalue weighted by atomic mass is 10.0. The molecular weight excluding hydrogens is 371 g/mol. The van der Waals surface area contributed by atoms with Crippen molar-refractivity contribution in [1.29, 1.82) is 0 Å². The molecule has 0 spiro atoms. The van der Waals surface area contributed by atoms with E-state index in [2.05, 4.69) is 26.5 Å². The summed E-state index contributed by atoms with van der Waals surface area (Å²) in [5.74, 6) is -0.439. The van der Waals surface area contributed by atoms with Gasteiger partial charge in [-0.2, -0.15) is 5.10 Å². The molecule has 0 saturated heterocycles. The molecule has 1 aromatic rings. The van der Waals surface area contributed by atoms with E-state index in [0.717, 1.165) is 10.0 Å². The Morgan fingerprint density at radius 2 is 1.86 bits per heavy atom. The van der Waals surface area contributed by atoms with Crippen LogP contribution >= 0.6 is 23.5 Å². The van der Waals surface area contributed by atoms with E-state index in [9.17, 15) is 9.36 Å². The predicted octanol–water partition coefficient (Wildman–Crippen LogP) is 3.31. The molecule has 0 saturated carbocycles. The number of amides is 1. The summed E-state index contributed by atoms with van der Waals surface area (Å²) >= 11 is 3.37. The van der Waals surface area contributed by atoms with Crippen molar-refractivity contribution < 1.29 is 18.4 Å². The molecule has 1 unspecified atom stereocenters. The Labute approximate surface area is 137 Å². The topological polar surface area (TPSA) is 77.0 Å². The summed E-state index contributed by atoms with van der Waals surface area (Å²) in [5.41, 5.74) is 3.04. The molecule has 1 aromatic carbocycles. The van der Waals surface area contributed by atoms with Gasteiger partial charge in [0.15, 0.2) is 0 Å². The molecule has 1 aliphatic rings. The van der Waals surface area contributed by atoms with E-state index >= 15 is 0 Å². The van der Waals surface area contributed by atoms with E-state index in [-0.39, 0.29) is 19.6 Å². The number of nitrogens with zero attached hydrogens (tertiary/aromatic N) is 1. The zero-order chi connectivity index (χ0) is 16.2. The van der Waals surface area contributed by atoms with Crippen molar-refractivity contribution in [2.45, 2.75) is 25.9 Å². The van der Waals surface area contributed by atoms with E-state index < -0.39 is 19.2 Å². The average molecular weight is 389 g/mol. The van der Waals surface area contributed by atoms with Crippen LogP contribution in [0, 0.1) is 0 Å². The van der Waals surface area contributed by atoms with Gasteiger partial charge in [-0.3, -0.25) is 9.36 Å². The molecular formula is C14H18BrN2O4P. The average Bonchev–Trinajstić information content (AvgIpc) is 2.49. The number of benzene rings is 1. The summed E-state index contributed by atoms with van der Waals surface area (Å²) in [6.45, 7) is 3.86. The number of hydrazone groups is 1. The largest absolute Gasteiger partial charge is 0.343 e. The Balaban J connectivity index is 2.27. The minimum absolute atomic E-state index is 0.213. The molecule has 1 heterocycles. The molecule has 120 valence electrons. The second-order valence-corrected chi connectivity index (χ2v) is 7.77. The minimum atomic E-state index is -3.52. The first kappa shape index (κ1) is 17.3. The van der Waals surface area contributed by atoms with Crippen LogP contribution in [0.25, 0.3) is 0 Å². The lowest BCUT2D eigenvalue weighted by molar-refractivity contribution is -0.121. The SMILES string of the molecule is CCOP(=O)(OCC)C1CC(c2ccc(Br)cc2)=NNC1=O. The Hall–Kier alpha value is -1.01. The van der Waals surface area contributed by atoms with Crippen LogP contribution < -0.4 is 5.43 Å². The molecule has 0 fully saturated rings. The summed E-state index contributed by atoms with van der Waals surface area (Å²) in [6.07, 6.45) is 0.213. The fraction of sp³-hybridized carbons (Fsp3) is 0.429. The Morgan fingerprint density at radius 1 is 1.27 bits per heavy atom. The molecule has 1 amide bonds. The quantitative estimate of drug-likeness (QED) is 0.758. The van der Waals surface area contributed by atoms with E-state index in [1.165, 1.54) is 0 Å². The fourth-order valence-corrected chi connectivity index (χ4v) is 4.34. The van der Waals surface area contributed by atoms with Crippen molar-refractivity contribution in [3.8, 4) is 0 Å². The third-order valence-electron chi connectivity index (χ3n) is 3.17. The highest BCUT2D eigenvalue weighted by Crippen LogP contribution is 2.55. The first-order valence-electron chi connectivity index (χ1n) is 7.01. The van der Waals surface area contributed by atoms with Gasteiger partial charge in [0.25, 0.3) is 5.91 Å². The van der Waals surface area contributed by atoms with Crippen molar-refractivity contribution in [2.75, 3.05) is 13.2 Å². The lowest BCUT2D eigenvalue weighted by Gasteiger charge is -2.27. The van der Waals surface area contributed by atoms with Crippen LogP contribution in [0.3, 0.4) is 0 Å². The third kappa shape index (κ3) is 3.84. The molecule has 0 radical (unpaired) electrons. The molecule has 1 atom stereocenters. The monoisotopic (exact) mass is 388 g/mol. The number of hydrogen-bond acceptors (Lipinski definition) is 5. The summed E-state index contributed by atoms with van der Waals surface area (Å²) in [7, 11) is -3.52. The Morgan fingerprint density at radius 3 is 2.41 bits per heavy atom. The van der Waals surface area contributed by atoms with Crippen LogP contribution in [-0.2, 0) is 18.4 Å². The molecule has 22 heavy (non-hydrogen) atoms. The van der Waals surface area contributed by atoms with Gasteiger partial charge < -0.3 is 9.05 Å². The van der Waals surface area contributed by atoms with Crippen molar-refractivity contribution in [3.05, 3.63) is 34.3 Å². The van der Waals surface area contributed by atoms with Crippen molar-refractivity contribution in [1.82, 2.24) is 5.43 Å². The van der Waals surface area contributed by atoms with Crippen LogP contribution in [0.1, 0.15) is 25.8 Å². The molecule has 1 aliphatic heterocycles. The molecule has 2 rings (SSSR count). The van der Waals surface area contributed by atoms with Crippen LogP contribution in [0.2, 0.25) is 0 Å². The van der Waals surface area contributed by atoms with Gasteiger partial charge in [-0.05, 0) is 31.5 Å². The predicted molar refractivity (Wildman–Crippen MR) is 88.1 cm³/mol. The highest BCUT2D eigenvalue weighted by molar-refractivity contribution is 9.10. The summed E-state index contributed by atoms with van der Waals surface area (Å²) in [5, 5.41) is 4.06. The number of carbonyl (C=O) groups is 1. The van der Waals surface area contributed by atoms with Crippen molar-refractivity contribution >= 4 is 35.1 Å². The highest BCUT2D eigenvalue weighted by Gasteiger charge is 2.43. The molecule has 0 aliphatic carbocycles. The van der Waals surface area contributed by atoms with Crippen LogP contribution in [0.4, 0.5) is 0 Å². The second kappa shape index (κ2) is 7.51. The van der Waals surface area contributed by atoms with E-state index in [0.29, 0.717) is 5.71 Å². The Bertz CT molecular complexity index is 608. The van der Waals surface area contributed by atoms with E-state index in [1.807, 2.05) is 24.3 Å². The first-order chi connectivity index (χ1) is 10.5. The van der Waals surface area contributed by atoms with Crippen LogP contribution in [0.15, 0.2) is 33.8 Å². The second-order valence-electron chi connectivity index (χ2n) is 4.64. The smallest absolute Gasteiger partial charge is 0.308 e. The summed E-state index contributed by atoms with van der Waals surface area (Å²) < 4.78 is 24.4. The number of rotatable bonds is 6. The third-order valence-corrected chi connectivity index (χ3v) is 6.11.